The Labute approximate surface area is 147 Å². The molecule has 0 fully saturated rings. The summed E-state index contributed by atoms with van der Waals surface area (Å²) in [4.78, 5) is 4.30. The molecule has 3 nitrogen and oxygen atoms in total. The second-order valence-electron chi connectivity index (χ2n) is 4.72. The highest BCUT2D eigenvalue weighted by molar-refractivity contribution is 14.0. The van der Waals surface area contributed by atoms with Crippen LogP contribution >= 0.6 is 35.6 Å². The van der Waals surface area contributed by atoms with Gasteiger partial charge in [0.1, 0.15) is 0 Å². The van der Waals surface area contributed by atoms with Gasteiger partial charge in [0.2, 0.25) is 0 Å². The first-order chi connectivity index (χ1) is 9.56. The highest BCUT2D eigenvalue weighted by atomic mass is 127. The van der Waals surface area contributed by atoms with E-state index in [1.807, 2.05) is 36.4 Å². The second kappa shape index (κ2) is 8.24. The molecule has 2 aromatic carbocycles. The van der Waals surface area contributed by atoms with Crippen molar-refractivity contribution in [3.8, 4) is 0 Å². The number of halogens is 2. The maximum Gasteiger partial charge on any atom is 0.193 e. The monoisotopic (exact) mass is 415 g/mol. The Hall–Kier alpha value is -1.27. The van der Waals surface area contributed by atoms with E-state index >= 15 is 0 Å². The van der Waals surface area contributed by atoms with Crippen LogP contribution in [0, 0.1) is 13.8 Å². The molecule has 21 heavy (non-hydrogen) atoms. The highest BCUT2D eigenvalue weighted by Gasteiger charge is 2.00. The van der Waals surface area contributed by atoms with Gasteiger partial charge in [-0.25, -0.2) is 4.99 Å². The summed E-state index contributed by atoms with van der Waals surface area (Å²) in [6, 6.07) is 13.7. The lowest BCUT2D eigenvalue weighted by atomic mass is 10.1. The van der Waals surface area contributed by atoms with E-state index in [0.29, 0.717) is 17.5 Å². The molecule has 0 spiro atoms. The van der Waals surface area contributed by atoms with Gasteiger partial charge in [-0.3, -0.25) is 0 Å². The van der Waals surface area contributed by atoms with Gasteiger partial charge in [-0.2, -0.15) is 0 Å². The molecule has 0 aliphatic rings. The first-order valence-electron chi connectivity index (χ1n) is 6.44. The van der Waals surface area contributed by atoms with E-state index in [2.05, 4.69) is 30.2 Å². The fraction of sp³-hybridized carbons (Fsp3) is 0.188. The number of rotatable bonds is 3. The lowest BCUT2D eigenvalue weighted by Gasteiger charge is -2.08. The van der Waals surface area contributed by atoms with Crippen LogP contribution < -0.4 is 11.1 Å². The first-order valence-corrected chi connectivity index (χ1v) is 6.81. The summed E-state index contributed by atoms with van der Waals surface area (Å²) in [5.41, 5.74) is 10.3. The molecule has 0 atom stereocenters. The van der Waals surface area contributed by atoms with Crippen molar-refractivity contribution in [2.45, 2.75) is 20.4 Å². The summed E-state index contributed by atoms with van der Waals surface area (Å²) < 4.78 is 0. The molecule has 112 valence electrons. The molecule has 0 aromatic heterocycles. The van der Waals surface area contributed by atoms with Gasteiger partial charge in [0.25, 0.3) is 0 Å². The van der Waals surface area contributed by atoms with Crippen molar-refractivity contribution in [3.05, 3.63) is 64.2 Å². The summed E-state index contributed by atoms with van der Waals surface area (Å²) in [7, 11) is 0. The van der Waals surface area contributed by atoms with Crippen LogP contribution in [-0.2, 0) is 6.54 Å². The van der Waals surface area contributed by atoms with Gasteiger partial charge in [0.05, 0.1) is 6.54 Å². The van der Waals surface area contributed by atoms with Gasteiger partial charge in [-0.15, -0.1) is 24.0 Å². The third-order valence-electron chi connectivity index (χ3n) is 3.16. The van der Waals surface area contributed by atoms with Crippen molar-refractivity contribution in [1.29, 1.82) is 0 Å². The van der Waals surface area contributed by atoms with Crippen molar-refractivity contribution < 1.29 is 0 Å². The van der Waals surface area contributed by atoms with E-state index in [0.717, 1.165) is 11.3 Å². The third-order valence-corrected chi connectivity index (χ3v) is 3.53. The van der Waals surface area contributed by atoms with Gasteiger partial charge in [-0.1, -0.05) is 35.9 Å². The number of hydrogen-bond donors (Lipinski definition) is 2. The molecule has 0 amide bonds. The molecular weight excluding hydrogens is 397 g/mol. The number of benzene rings is 2. The molecule has 0 aliphatic heterocycles. The van der Waals surface area contributed by atoms with E-state index in [-0.39, 0.29) is 24.0 Å². The fourth-order valence-corrected chi connectivity index (χ4v) is 2.00. The number of anilines is 1. The molecule has 5 heteroatoms. The molecular formula is C16H19ClIN3. The summed E-state index contributed by atoms with van der Waals surface area (Å²) in [6.07, 6.45) is 0. The Morgan fingerprint density at radius 2 is 1.86 bits per heavy atom. The standard InChI is InChI=1S/C16H18ClN3.HI/c1-11-7-8-14(9-12(11)2)20-16(18)19-10-13-5-3-4-6-15(13)17;/h3-9H,10H2,1-2H3,(H3,18,19,20);1H. The topological polar surface area (TPSA) is 50.4 Å². The SMILES string of the molecule is Cc1ccc(NC(N)=NCc2ccccc2Cl)cc1C.I. The van der Waals surface area contributed by atoms with Gasteiger partial charge in [0, 0.05) is 10.7 Å². The Morgan fingerprint density at radius 1 is 1.14 bits per heavy atom. The van der Waals surface area contributed by atoms with Crippen LogP contribution in [0.2, 0.25) is 5.02 Å². The predicted molar refractivity (Wildman–Crippen MR) is 102 cm³/mol. The van der Waals surface area contributed by atoms with E-state index in [1.165, 1.54) is 11.1 Å². The van der Waals surface area contributed by atoms with Crippen LogP contribution in [0.4, 0.5) is 5.69 Å². The van der Waals surface area contributed by atoms with Crippen molar-refractivity contribution in [1.82, 2.24) is 0 Å². The molecule has 3 N–H and O–H groups in total. The lowest BCUT2D eigenvalue weighted by Crippen LogP contribution is -2.22. The second-order valence-corrected chi connectivity index (χ2v) is 5.12. The Balaban J connectivity index is 0.00000220. The van der Waals surface area contributed by atoms with E-state index in [4.69, 9.17) is 17.3 Å². The maximum absolute atomic E-state index is 6.08. The average Bonchev–Trinajstić information content (AvgIpc) is 2.42. The zero-order chi connectivity index (χ0) is 14.5. The number of hydrogen-bond acceptors (Lipinski definition) is 1. The third kappa shape index (κ3) is 5.21. The van der Waals surface area contributed by atoms with E-state index in [1.54, 1.807) is 0 Å². The van der Waals surface area contributed by atoms with Crippen molar-refractivity contribution in [2.75, 3.05) is 5.32 Å². The van der Waals surface area contributed by atoms with Crippen molar-refractivity contribution in [3.63, 3.8) is 0 Å². The van der Waals surface area contributed by atoms with Gasteiger partial charge < -0.3 is 11.1 Å². The Morgan fingerprint density at radius 3 is 2.52 bits per heavy atom. The van der Waals surface area contributed by atoms with Crippen molar-refractivity contribution in [2.24, 2.45) is 10.7 Å². The highest BCUT2D eigenvalue weighted by Crippen LogP contribution is 2.16. The number of nitrogens with one attached hydrogen (secondary N) is 1. The zero-order valence-electron chi connectivity index (χ0n) is 12.1. The fourth-order valence-electron chi connectivity index (χ4n) is 1.80. The molecule has 2 rings (SSSR count). The molecule has 0 aliphatic carbocycles. The maximum atomic E-state index is 6.08. The summed E-state index contributed by atoms with van der Waals surface area (Å²) >= 11 is 6.08. The molecule has 0 saturated heterocycles. The molecule has 2 aromatic rings. The quantitative estimate of drug-likeness (QED) is 0.440. The summed E-state index contributed by atoms with van der Waals surface area (Å²) in [5.74, 6) is 0.383. The minimum Gasteiger partial charge on any atom is -0.370 e. The number of aryl methyl sites for hydroxylation is 2. The largest absolute Gasteiger partial charge is 0.370 e. The van der Waals surface area contributed by atoms with Crippen LogP contribution in [0.15, 0.2) is 47.5 Å². The van der Waals surface area contributed by atoms with Gasteiger partial charge >= 0.3 is 0 Å². The van der Waals surface area contributed by atoms with Crippen LogP contribution in [0.1, 0.15) is 16.7 Å². The molecule has 0 bridgehead atoms. The molecule has 0 unspecified atom stereocenters. The zero-order valence-corrected chi connectivity index (χ0v) is 15.1. The lowest BCUT2D eigenvalue weighted by molar-refractivity contribution is 1.06. The molecule has 0 saturated carbocycles. The molecule has 0 radical (unpaired) electrons. The number of aliphatic imine (C=N–C) groups is 1. The van der Waals surface area contributed by atoms with E-state index in [9.17, 15) is 0 Å². The summed E-state index contributed by atoms with van der Waals surface area (Å²) in [6.45, 7) is 4.61. The van der Waals surface area contributed by atoms with Crippen LogP contribution in [-0.4, -0.2) is 5.96 Å². The van der Waals surface area contributed by atoms with Crippen LogP contribution in [0.5, 0.6) is 0 Å². The van der Waals surface area contributed by atoms with Gasteiger partial charge in [0.15, 0.2) is 5.96 Å². The number of nitrogens with zero attached hydrogens (tertiary/aromatic N) is 1. The summed E-state index contributed by atoms with van der Waals surface area (Å²) in [5, 5.41) is 3.79. The normalized spacial score (nSPS) is 10.9. The number of nitrogens with two attached hydrogens (primary N) is 1. The van der Waals surface area contributed by atoms with Gasteiger partial charge in [-0.05, 0) is 48.7 Å². The van der Waals surface area contributed by atoms with Crippen LogP contribution in [0.25, 0.3) is 0 Å². The average molecular weight is 416 g/mol. The Bertz CT molecular complexity index is 641. The smallest absolute Gasteiger partial charge is 0.193 e. The predicted octanol–water partition coefficient (Wildman–Crippen LogP) is 4.50. The van der Waals surface area contributed by atoms with E-state index < -0.39 is 0 Å². The van der Waals surface area contributed by atoms with Crippen LogP contribution in [0.3, 0.4) is 0 Å². The molecule has 0 heterocycles. The van der Waals surface area contributed by atoms with Crippen molar-refractivity contribution >= 4 is 47.2 Å². The number of guanidine groups is 1. The minimum absolute atomic E-state index is 0. The Kier molecular flexibility index (Phi) is 6.98. The first kappa shape index (κ1) is 17.8. The minimum atomic E-state index is 0.